The van der Waals surface area contributed by atoms with Gasteiger partial charge >= 0.3 is 0 Å². The molecule has 0 aliphatic heterocycles. The predicted molar refractivity (Wildman–Crippen MR) is 65.6 cm³/mol. The van der Waals surface area contributed by atoms with Gasteiger partial charge in [0.1, 0.15) is 0 Å². The van der Waals surface area contributed by atoms with Gasteiger partial charge in [-0.15, -0.1) is 0 Å². The van der Waals surface area contributed by atoms with Crippen molar-refractivity contribution in [3.63, 3.8) is 0 Å². The van der Waals surface area contributed by atoms with Crippen LogP contribution in [-0.2, 0) is 0 Å². The Morgan fingerprint density at radius 1 is 1.07 bits per heavy atom. The molecule has 0 heterocycles. The molecule has 1 heteroatoms. The lowest BCUT2D eigenvalue weighted by Crippen LogP contribution is -2.24. The van der Waals surface area contributed by atoms with Gasteiger partial charge < -0.3 is 5.32 Å². The zero-order valence-electron chi connectivity index (χ0n) is 11.0. The van der Waals surface area contributed by atoms with Crippen LogP contribution in [0.15, 0.2) is 0 Å². The van der Waals surface area contributed by atoms with E-state index in [1.54, 1.807) is 0 Å². The maximum absolute atomic E-state index is 3.46. The van der Waals surface area contributed by atoms with Gasteiger partial charge in [0.2, 0.25) is 0 Å². The highest BCUT2D eigenvalue weighted by atomic mass is 14.9. The molecule has 0 rings (SSSR count). The SMILES string of the molecule is CC(CCCNC(C)C)CC(C)(C)C. The molecule has 0 aliphatic rings. The molecule has 0 aromatic heterocycles. The number of hydrogen-bond donors (Lipinski definition) is 1. The van der Waals surface area contributed by atoms with Crippen molar-refractivity contribution in [2.45, 2.75) is 66.8 Å². The van der Waals surface area contributed by atoms with E-state index in [4.69, 9.17) is 0 Å². The summed E-state index contributed by atoms with van der Waals surface area (Å²) < 4.78 is 0. The molecule has 0 spiro atoms. The van der Waals surface area contributed by atoms with Gasteiger partial charge in [0.15, 0.2) is 0 Å². The molecule has 0 aromatic carbocycles. The second-order valence-corrected chi connectivity index (χ2v) is 6.12. The van der Waals surface area contributed by atoms with Crippen molar-refractivity contribution in [1.29, 1.82) is 0 Å². The summed E-state index contributed by atoms with van der Waals surface area (Å²) in [5.41, 5.74) is 0.491. The fraction of sp³-hybridized carbons (Fsp3) is 1.00. The minimum atomic E-state index is 0.491. The maximum Gasteiger partial charge on any atom is 0.00103 e. The Hall–Kier alpha value is -0.0400. The average Bonchev–Trinajstić information content (AvgIpc) is 1.94. The summed E-state index contributed by atoms with van der Waals surface area (Å²) in [5, 5.41) is 3.46. The number of hydrogen-bond acceptors (Lipinski definition) is 1. The smallest absolute Gasteiger partial charge is 0.00103 e. The molecule has 0 amide bonds. The highest BCUT2D eigenvalue weighted by Gasteiger charge is 2.14. The van der Waals surface area contributed by atoms with Gasteiger partial charge in [-0.3, -0.25) is 0 Å². The highest BCUT2D eigenvalue weighted by molar-refractivity contribution is 4.66. The molecule has 0 bridgehead atoms. The van der Waals surface area contributed by atoms with Crippen molar-refractivity contribution < 1.29 is 0 Å². The first-order chi connectivity index (χ1) is 6.31. The van der Waals surface area contributed by atoms with Crippen LogP contribution in [0.2, 0.25) is 0 Å². The Labute approximate surface area is 90.7 Å². The molecule has 0 fully saturated rings. The van der Waals surface area contributed by atoms with Crippen molar-refractivity contribution in [3.8, 4) is 0 Å². The molecule has 0 saturated carbocycles. The van der Waals surface area contributed by atoms with E-state index in [0.717, 1.165) is 5.92 Å². The fourth-order valence-electron chi connectivity index (χ4n) is 1.99. The van der Waals surface area contributed by atoms with E-state index in [2.05, 4.69) is 46.9 Å². The van der Waals surface area contributed by atoms with E-state index in [1.165, 1.54) is 25.8 Å². The summed E-state index contributed by atoms with van der Waals surface area (Å²) in [6.45, 7) is 14.9. The molecule has 86 valence electrons. The third-order valence-electron chi connectivity index (χ3n) is 2.39. The summed E-state index contributed by atoms with van der Waals surface area (Å²) in [4.78, 5) is 0. The Balaban J connectivity index is 3.40. The van der Waals surface area contributed by atoms with Gasteiger partial charge in [0, 0.05) is 6.04 Å². The fourth-order valence-corrected chi connectivity index (χ4v) is 1.99. The molecule has 0 aromatic rings. The van der Waals surface area contributed by atoms with Gasteiger partial charge in [-0.25, -0.2) is 0 Å². The van der Waals surface area contributed by atoms with Gasteiger partial charge in [0.25, 0.3) is 0 Å². The van der Waals surface area contributed by atoms with Gasteiger partial charge in [0.05, 0.1) is 0 Å². The van der Waals surface area contributed by atoms with Crippen molar-refractivity contribution in [2.75, 3.05) is 6.54 Å². The minimum Gasteiger partial charge on any atom is -0.315 e. The molecule has 0 radical (unpaired) electrons. The molecule has 1 nitrogen and oxygen atoms in total. The zero-order chi connectivity index (χ0) is 11.2. The second-order valence-electron chi connectivity index (χ2n) is 6.12. The summed E-state index contributed by atoms with van der Waals surface area (Å²) in [7, 11) is 0. The number of nitrogens with one attached hydrogen (secondary N) is 1. The van der Waals surface area contributed by atoms with E-state index in [9.17, 15) is 0 Å². The van der Waals surface area contributed by atoms with Gasteiger partial charge in [-0.2, -0.15) is 0 Å². The van der Waals surface area contributed by atoms with Crippen molar-refractivity contribution in [1.82, 2.24) is 5.32 Å². The van der Waals surface area contributed by atoms with Crippen LogP contribution in [0.3, 0.4) is 0 Å². The van der Waals surface area contributed by atoms with E-state index < -0.39 is 0 Å². The molecular weight excluding hydrogens is 170 g/mol. The quantitative estimate of drug-likeness (QED) is 0.641. The summed E-state index contributed by atoms with van der Waals surface area (Å²) in [6, 6.07) is 0.632. The Morgan fingerprint density at radius 2 is 1.64 bits per heavy atom. The van der Waals surface area contributed by atoms with Crippen LogP contribution in [0, 0.1) is 11.3 Å². The molecule has 0 aliphatic carbocycles. The van der Waals surface area contributed by atoms with E-state index in [0.29, 0.717) is 11.5 Å². The Bertz CT molecular complexity index is 133. The van der Waals surface area contributed by atoms with Crippen LogP contribution in [0.5, 0.6) is 0 Å². The normalized spacial score (nSPS) is 14.8. The van der Waals surface area contributed by atoms with Crippen LogP contribution in [0.1, 0.15) is 60.8 Å². The van der Waals surface area contributed by atoms with Crippen molar-refractivity contribution in [3.05, 3.63) is 0 Å². The lowest BCUT2D eigenvalue weighted by atomic mass is 9.84. The third kappa shape index (κ3) is 10.0. The average molecular weight is 199 g/mol. The minimum absolute atomic E-state index is 0.491. The number of rotatable bonds is 6. The highest BCUT2D eigenvalue weighted by Crippen LogP contribution is 2.26. The molecule has 1 unspecified atom stereocenters. The first-order valence-corrected chi connectivity index (χ1v) is 6.04. The Morgan fingerprint density at radius 3 is 2.07 bits per heavy atom. The summed E-state index contributed by atoms with van der Waals surface area (Å²) >= 11 is 0. The van der Waals surface area contributed by atoms with Gasteiger partial charge in [-0.1, -0.05) is 41.5 Å². The molecule has 0 saturated heterocycles. The zero-order valence-corrected chi connectivity index (χ0v) is 11.0. The first kappa shape index (κ1) is 14.0. The summed E-state index contributed by atoms with van der Waals surface area (Å²) in [5.74, 6) is 0.865. The van der Waals surface area contributed by atoms with Crippen LogP contribution in [-0.4, -0.2) is 12.6 Å². The van der Waals surface area contributed by atoms with Crippen molar-refractivity contribution >= 4 is 0 Å². The van der Waals surface area contributed by atoms with Crippen molar-refractivity contribution in [2.24, 2.45) is 11.3 Å². The van der Waals surface area contributed by atoms with Crippen LogP contribution in [0.25, 0.3) is 0 Å². The van der Waals surface area contributed by atoms with E-state index in [1.807, 2.05) is 0 Å². The van der Waals surface area contributed by atoms with Crippen LogP contribution in [0.4, 0.5) is 0 Å². The molecular formula is C13H29N. The maximum atomic E-state index is 3.46. The van der Waals surface area contributed by atoms with Crippen LogP contribution >= 0.6 is 0 Å². The molecule has 14 heavy (non-hydrogen) atoms. The van der Waals surface area contributed by atoms with Gasteiger partial charge in [-0.05, 0) is 37.1 Å². The molecule has 1 atom stereocenters. The second kappa shape index (κ2) is 6.44. The monoisotopic (exact) mass is 199 g/mol. The van der Waals surface area contributed by atoms with Crippen LogP contribution < -0.4 is 5.32 Å². The largest absolute Gasteiger partial charge is 0.315 e. The van der Waals surface area contributed by atoms with E-state index in [-0.39, 0.29) is 0 Å². The lowest BCUT2D eigenvalue weighted by molar-refractivity contribution is 0.292. The topological polar surface area (TPSA) is 12.0 Å². The summed E-state index contributed by atoms with van der Waals surface area (Å²) in [6.07, 6.45) is 4.01. The Kier molecular flexibility index (Phi) is 6.43. The van der Waals surface area contributed by atoms with E-state index >= 15 is 0 Å². The molecule has 1 N–H and O–H groups in total. The predicted octanol–water partition coefficient (Wildman–Crippen LogP) is 3.84. The standard InChI is InChI=1S/C13H29N/c1-11(2)14-9-7-8-12(3)10-13(4,5)6/h11-12,14H,7-10H2,1-6H3. The third-order valence-corrected chi connectivity index (χ3v) is 2.39. The lowest BCUT2D eigenvalue weighted by Gasteiger charge is -2.23. The first-order valence-electron chi connectivity index (χ1n) is 6.04.